The van der Waals surface area contributed by atoms with E-state index in [9.17, 15) is 4.79 Å². The number of rotatable bonds is 2. The van der Waals surface area contributed by atoms with E-state index in [1.54, 1.807) is 12.1 Å². The van der Waals surface area contributed by atoms with E-state index in [-0.39, 0.29) is 11.3 Å². The lowest BCUT2D eigenvalue weighted by molar-refractivity contribution is -0.114. The fourth-order valence-electron chi connectivity index (χ4n) is 2.23. The van der Waals surface area contributed by atoms with Crippen molar-refractivity contribution in [3.8, 4) is 11.1 Å². The maximum absolute atomic E-state index is 11.4. The number of hydrogen-bond acceptors (Lipinski definition) is 1. The fourth-order valence-corrected chi connectivity index (χ4v) is 2.56. The Balaban J connectivity index is 2.51. The first-order valence-corrected chi connectivity index (χ1v) is 7.81. The van der Waals surface area contributed by atoms with E-state index >= 15 is 0 Å². The summed E-state index contributed by atoms with van der Waals surface area (Å²) in [7, 11) is 0. The normalized spacial score (nSPS) is 11.4. The van der Waals surface area contributed by atoms with Crippen LogP contribution in [0, 0.1) is 0 Å². The molecule has 0 atom stereocenters. The molecule has 0 aliphatic heterocycles. The largest absolute Gasteiger partial charge is 0.326 e. The van der Waals surface area contributed by atoms with Crippen LogP contribution in [0.25, 0.3) is 11.1 Å². The van der Waals surface area contributed by atoms with Gasteiger partial charge in [-0.2, -0.15) is 0 Å². The molecule has 2 rings (SSSR count). The molecule has 0 saturated carbocycles. The van der Waals surface area contributed by atoms with Crippen molar-refractivity contribution in [2.45, 2.75) is 33.1 Å². The minimum absolute atomic E-state index is 0.0939. The number of hydrogen-bond donors (Lipinski definition) is 1. The molecule has 0 radical (unpaired) electrons. The summed E-state index contributed by atoms with van der Waals surface area (Å²) in [4.78, 5) is 11.4. The van der Waals surface area contributed by atoms with Crippen molar-refractivity contribution in [3.63, 3.8) is 0 Å². The van der Waals surface area contributed by atoms with Crippen LogP contribution in [0.5, 0.6) is 0 Å². The fraction of sp³-hybridized carbons (Fsp3) is 0.278. The Labute approximate surface area is 141 Å². The Kier molecular flexibility index (Phi) is 4.84. The average molecular weight is 336 g/mol. The molecule has 0 fully saturated rings. The Morgan fingerprint density at radius 1 is 1.00 bits per heavy atom. The van der Waals surface area contributed by atoms with E-state index in [0.717, 1.165) is 11.1 Å². The molecule has 0 heterocycles. The lowest BCUT2D eigenvalue weighted by atomic mass is 9.86. The van der Waals surface area contributed by atoms with Crippen molar-refractivity contribution >= 4 is 34.8 Å². The molecule has 1 N–H and O–H groups in total. The van der Waals surface area contributed by atoms with Crippen LogP contribution >= 0.6 is 23.2 Å². The van der Waals surface area contributed by atoms with Crippen molar-refractivity contribution in [1.82, 2.24) is 0 Å². The minimum Gasteiger partial charge on any atom is -0.326 e. The maximum Gasteiger partial charge on any atom is 0.221 e. The molecule has 0 aliphatic rings. The Morgan fingerprint density at radius 3 is 2.05 bits per heavy atom. The van der Waals surface area contributed by atoms with Gasteiger partial charge in [0.15, 0.2) is 0 Å². The molecule has 0 bridgehead atoms. The van der Waals surface area contributed by atoms with Crippen molar-refractivity contribution < 1.29 is 4.79 Å². The summed E-state index contributed by atoms with van der Waals surface area (Å²) in [5.74, 6) is -0.147. The van der Waals surface area contributed by atoms with Gasteiger partial charge in [-0.25, -0.2) is 0 Å². The summed E-state index contributed by atoms with van der Waals surface area (Å²) in [5.41, 5.74) is 3.83. The molecule has 0 unspecified atom stereocenters. The van der Waals surface area contributed by atoms with Crippen LogP contribution < -0.4 is 5.32 Å². The van der Waals surface area contributed by atoms with Crippen molar-refractivity contribution in [3.05, 3.63) is 52.0 Å². The smallest absolute Gasteiger partial charge is 0.221 e. The van der Waals surface area contributed by atoms with Crippen LogP contribution in [0.3, 0.4) is 0 Å². The summed E-state index contributed by atoms with van der Waals surface area (Å²) in [5, 5.41) is 3.68. The van der Waals surface area contributed by atoms with Gasteiger partial charge in [0, 0.05) is 12.5 Å². The molecular formula is C18H19Cl2NO. The van der Waals surface area contributed by atoms with Gasteiger partial charge in [0.2, 0.25) is 5.91 Å². The molecule has 22 heavy (non-hydrogen) atoms. The van der Waals surface area contributed by atoms with Gasteiger partial charge in [-0.15, -0.1) is 0 Å². The van der Waals surface area contributed by atoms with Crippen molar-refractivity contribution in [1.29, 1.82) is 0 Å². The average Bonchev–Trinajstić information content (AvgIpc) is 2.41. The maximum atomic E-state index is 11.4. The van der Waals surface area contributed by atoms with Gasteiger partial charge in [-0.05, 0) is 28.7 Å². The van der Waals surface area contributed by atoms with E-state index in [1.165, 1.54) is 12.5 Å². The van der Waals surface area contributed by atoms with E-state index in [4.69, 9.17) is 23.2 Å². The summed E-state index contributed by atoms with van der Waals surface area (Å²) >= 11 is 12.2. The van der Waals surface area contributed by atoms with Gasteiger partial charge in [0.25, 0.3) is 0 Å². The molecule has 2 aromatic rings. The topological polar surface area (TPSA) is 29.1 Å². The Bertz CT molecular complexity index is 700. The number of amides is 1. The summed E-state index contributed by atoms with van der Waals surface area (Å²) < 4.78 is 0. The predicted octanol–water partition coefficient (Wildman–Crippen LogP) is 5.92. The molecule has 2 nitrogen and oxygen atoms in total. The highest BCUT2D eigenvalue weighted by Crippen LogP contribution is 2.36. The van der Waals surface area contributed by atoms with Crippen LogP contribution in [-0.2, 0) is 10.2 Å². The molecule has 0 saturated heterocycles. The van der Waals surface area contributed by atoms with Crippen LogP contribution in [0.4, 0.5) is 5.69 Å². The first-order chi connectivity index (χ1) is 10.2. The summed E-state index contributed by atoms with van der Waals surface area (Å²) in [6, 6.07) is 11.7. The van der Waals surface area contributed by atoms with E-state index in [0.29, 0.717) is 15.7 Å². The molecule has 116 valence electrons. The van der Waals surface area contributed by atoms with Gasteiger partial charge >= 0.3 is 0 Å². The third kappa shape index (κ3) is 3.82. The molecule has 0 aromatic heterocycles. The number of benzene rings is 2. The molecule has 4 heteroatoms. The lowest BCUT2D eigenvalue weighted by Gasteiger charge is -2.19. The van der Waals surface area contributed by atoms with Gasteiger partial charge in [-0.3, -0.25) is 4.79 Å². The zero-order valence-corrected chi connectivity index (χ0v) is 14.6. The molecular weight excluding hydrogens is 317 g/mol. The Morgan fingerprint density at radius 2 is 1.55 bits per heavy atom. The van der Waals surface area contributed by atoms with Crippen molar-refractivity contribution in [2.75, 3.05) is 5.32 Å². The summed E-state index contributed by atoms with van der Waals surface area (Å²) in [6.45, 7) is 7.98. The zero-order valence-electron chi connectivity index (χ0n) is 13.1. The minimum atomic E-state index is -0.147. The van der Waals surface area contributed by atoms with E-state index in [1.807, 2.05) is 12.1 Å². The standard InChI is InChI=1S/C18H19Cl2NO/c1-11(22)21-17-10-16(20)15(19)9-14(17)12-5-7-13(8-6-12)18(2,3)4/h5-10H,1-4H3,(H,21,22). The van der Waals surface area contributed by atoms with Crippen molar-refractivity contribution in [2.24, 2.45) is 0 Å². The SMILES string of the molecule is CC(=O)Nc1cc(Cl)c(Cl)cc1-c1ccc(C(C)(C)C)cc1. The monoisotopic (exact) mass is 335 g/mol. The van der Waals surface area contributed by atoms with Gasteiger partial charge in [0.05, 0.1) is 15.7 Å². The second kappa shape index (κ2) is 6.31. The van der Waals surface area contributed by atoms with E-state index < -0.39 is 0 Å². The van der Waals surface area contributed by atoms with Gasteiger partial charge in [-0.1, -0.05) is 68.2 Å². The highest BCUT2D eigenvalue weighted by Gasteiger charge is 2.15. The molecule has 2 aromatic carbocycles. The number of carbonyl (C=O) groups excluding carboxylic acids is 1. The van der Waals surface area contributed by atoms with Crippen LogP contribution in [0.15, 0.2) is 36.4 Å². The number of anilines is 1. The predicted molar refractivity (Wildman–Crippen MR) is 94.9 cm³/mol. The van der Waals surface area contributed by atoms with Crippen LogP contribution in [-0.4, -0.2) is 5.91 Å². The number of carbonyl (C=O) groups is 1. The first kappa shape index (κ1) is 16.9. The molecule has 0 spiro atoms. The third-order valence-electron chi connectivity index (χ3n) is 3.43. The molecule has 0 aliphatic carbocycles. The number of nitrogens with one attached hydrogen (secondary N) is 1. The second-order valence-electron chi connectivity index (χ2n) is 6.32. The first-order valence-electron chi connectivity index (χ1n) is 7.06. The molecule has 1 amide bonds. The van der Waals surface area contributed by atoms with Crippen LogP contribution in [0.2, 0.25) is 10.0 Å². The quantitative estimate of drug-likeness (QED) is 0.725. The van der Waals surface area contributed by atoms with Gasteiger partial charge in [0.1, 0.15) is 0 Å². The highest BCUT2D eigenvalue weighted by atomic mass is 35.5. The highest BCUT2D eigenvalue weighted by molar-refractivity contribution is 6.42. The third-order valence-corrected chi connectivity index (χ3v) is 4.16. The number of halogens is 2. The zero-order chi connectivity index (χ0) is 16.5. The Hall–Kier alpha value is -1.51. The van der Waals surface area contributed by atoms with Crippen LogP contribution in [0.1, 0.15) is 33.3 Å². The second-order valence-corrected chi connectivity index (χ2v) is 7.13. The summed E-state index contributed by atoms with van der Waals surface area (Å²) in [6.07, 6.45) is 0. The lowest BCUT2D eigenvalue weighted by Crippen LogP contribution is -2.10. The van der Waals surface area contributed by atoms with E-state index in [2.05, 4.69) is 38.2 Å². The van der Waals surface area contributed by atoms with Gasteiger partial charge < -0.3 is 5.32 Å².